The van der Waals surface area contributed by atoms with Gasteiger partial charge in [0.05, 0.1) is 17.3 Å². The van der Waals surface area contributed by atoms with E-state index in [0.717, 1.165) is 26.2 Å². The lowest BCUT2D eigenvalue weighted by atomic mass is 10.0. The number of halogens is 2. The molecule has 5 rings (SSSR count). The van der Waals surface area contributed by atoms with Crippen LogP contribution in [0.4, 0.5) is 4.39 Å². The van der Waals surface area contributed by atoms with Gasteiger partial charge in [0, 0.05) is 31.7 Å². The van der Waals surface area contributed by atoms with E-state index in [0.29, 0.717) is 10.6 Å². The summed E-state index contributed by atoms with van der Waals surface area (Å²) in [6.07, 6.45) is 1.54. The largest absolute Gasteiger partial charge is 0.294 e. The maximum absolute atomic E-state index is 14.0. The average Bonchev–Trinajstić information content (AvgIpc) is 3.08. The normalized spacial score (nSPS) is 17.0. The fourth-order valence-electron chi connectivity index (χ4n) is 4.38. The highest BCUT2D eigenvalue weighted by molar-refractivity contribution is 6.33. The topological polar surface area (TPSA) is 18.8 Å². The van der Waals surface area contributed by atoms with Crippen LogP contribution in [0, 0.1) is 5.82 Å². The predicted molar refractivity (Wildman–Crippen MR) is 116 cm³/mol. The van der Waals surface area contributed by atoms with Crippen molar-refractivity contribution in [3.8, 4) is 11.1 Å². The Morgan fingerprint density at radius 2 is 1.45 bits per heavy atom. The predicted octanol–water partition coefficient (Wildman–Crippen LogP) is 5.20. The van der Waals surface area contributed by atoms with E-state index < -0.39 is 0 Å². The van der Waals surface area contributed by atoms with Crippen LogP contribution in [0.3, 0.4) is 0 Å². The third-order valence-corrected chi connectivity index (χ3v) is 6.14. The minimum Gasteiger partial charge on any atom is -0.294 e. The Bertz CT molecular complexity index is 1010. The molecule has 29 heavy (non-hydrogen) atoms. The molecule has 0 unspecified atom stereocenters. The molecule has 1 heterocycles. The van der Waals surface area contributed by atoms with Crippen molar-refractivity contribution in [1.29, 1.82) is 0 Å². The first kappa shape index (κ1) is 18.3. The third-order valence-electron chi connectivity index (χ3n) is 5.81. The molecule has 0 radical (unpaired) electrons. The van der Waals surface area contributed by atoms with Crippen molar-refractivity contribution in [2.24, 2.45) is 5.10 Å². The molecule has 5 heteroatoms. The van der Waals surface area contributed by atoms with E-state index in [1.54, 1.807) is 12.1 Å². The van der Waals surface area contributed by atoms with Gasteiger partial charge in [-0.1, -0.05) is 66.2 Å². The van der Waals surface area contributed by atoms with E-state index >= 15 is 0 Å². The molecular weight excluding hydrogens is 385 g/mol. The zero-order valence-electron chi connectivity index (χ0n) is 15.9. The lowest BCUT2D eigenvalue weighted by Gasteiger charge is -2.37. The van der Waals surface area contributed by atoms with E-state index in [-0.39, 0.29) is 11.9 Å². The van der Waals surface area contributed by atoms with Crippen molar-refractivity contribution in [2.45, 2.75) is 6.04 Å². The third kappa shape index (κ3) is 3.33. The lowest BCUT2D eigenvalue weighted by molar-refractivity contribution is 0.114. The summed E-state index contributed by atoms with van der Waals surface area (Å²) in [5.74, 6) is -0.348. The second kappa shape index (κ2) is 7.62. The van der Waals surface area contributed by atoms with Crippen LogP contribution in [0.2, 0.25) is 5.02 Å². The Morgan fingerprint density at radius 1 is 0.828 bits per heavy atom. The number of hydrazone groups is 1. The van der Waals surface area contributed by atoms with E-state index in [2.05, 4.69) is 58.5 Å². The van der Waals surface area contributed by atoms with Gasteiger partial charge in [0.1, 0.15) is 5.82 Å². The van der Waals surface area contributed by atoms with Gasteiger partial charge in [0.15, 0.2) is 0 Å². The summed E-state index contributed by atoms with van der Waals surface area (Å²) in [6.45, 7) is 3.39. The molecule has 3 aromatic rings. The number of nitrogens with zero attached hydrogens (tertiary/aromatic N) is 3. The molecular formula is C24H21ClFN3. The van der Waals surface area contributed by atoms with Gasteiger partial charge in [-0.05, 0) is 34.4 Å². The standard InChI is InChI=1S/C24H21ClFN3/c25-22-10-5-11-23(26)21(22)16-27-29-14-12-28(13-15-29)24-19-8-3-1-6-17(19)18-7-2-4-9-20(18)24/h1-11,16,24H,12-15H2. The Morgan fingerprint density at radius 3 is 2.07 bits per heavy atom. The van der Waals surface area contributed by atoms with Crippen LogP contribution in [0.15, 0.2) is 71.8 Å². The molecule has 2 aliphatic rings. The minimum atomic E-state index is -0.348. The summed E-state index contributed by atoms with van der Waals surface area (Å²) in [5, 5.41) is 6.86. The minimum absolute atomic E-state index is 0.287. The van der Waals surface area contributed by atoms with Crippen LogP contribution in [-0.2, 0) is 0 Å². The number of fused-ring (bicyclic) bond motifs is 3. The number of hydrogen-bond donors (Lipinski definition) is 0. The number of piperazine rings is 1. The Hall–Kier alpha value is -2.69. The van der Waals surface area contributed by atoms with Gasteiger partial charge in [-0.25, -0.2) is 4.39 Å². The molecule has 3 nitrogen and oxygen atoms in total. The summed E-state index contributed by atoms with van der Waals surface area (Å²) < 4.78 is 14.0. The Balaban J connectivity index is 1.33. The molecule has 3 aromatic carbocycles. The molecule has 0 bridgehead atoms. The maximum atomic E-state index is 14.0. The van der Waals surface area contributed by atoms with Gasteiger partial charge < -0.3 is 0 Å². The SMILES string of the molecule is Fc1cccc(Cl)c1C=NN1CCN(C2c3ccccc3-c3ccccc32)CC1. The van der Waals surface area contributed by atoms with Crippen molar-refractivity contribution in [1.82, 2.24) is 9.91 Å². The van der Waals surface area contributed by atoms with Crippen molar-refractivity contribution < 1.29 is 4.39 Å². The fraction of sp³-hybridized carbons (Fsp3) is 0.208. The van der Waals surface area contributed by atoms with Gasteiger partial charge in [-0.2, -0.15) is 5.10 Å². The van der Waals surface area contributed by atoms with Crippen LogP contribution in [0.1, 0.15) is 22.7 Å². The molecule has 0 aromatic heterocycles. The molecule has 1 saturated heterocycles. The van der Waals surface area contributed by atoms with Crippen molar-refractivity contribution in [2.75, 3.05) is 26.2 Å². The van der Waals surface area contributed by atoms with Crippen LogP contribution in [0.25, 0.3) is 11.1 Å². The molecule has 0 atom stereocenters. The van der Waals surface area contributed by atoms with Gasteiger partial charge in [0.25, 0.3) is 0 Å². The lowest BCUT2D eigenvalue weighted by Crippen LogP contribution is -2.45. The quantitative estimate of drug-likeness (QED) is 0.558. The van der Waals surface area contributed by atoms with E-state index in [4.69, 9.17) is 11.6 Å². The molecule has 1 aliphatic carbocycles. The van der Waals surface area contributed by atoms with E-state index in [9.17, 15) is 4.39 Å². The Labute approximate surface area is 175 Å². The Kier molecular flexibility index (Phi) is 4.82. The zero-order chi connectivity index (χ0) is 19.8. The fourth-order valence-corrected chi connectivity index (χ4v) is 4.59. The molecule has 0 amide bonds. The number of hydrogen-bond acceptors (Lipinski definition) is 3. The van der Waals surface area contributed by atoms with Gasteiger partial charge in [-0.15, -0.1) is 0 Å². The summed E-state index contributed by atoms with van der Waals surface area (Å²) in [6, 6.07) is 22.3. The van der Waals surface area contributed by atoms with Crippen LogP contribution < -0.4 is 0 Å². The second-order valence-corrected chi connectivity index (χ2v) is 7.85. The monoisotopic (exact) mass is 405 g/mol. The first-order valence-electron chi connectivity index (χ1n) is 9.87. The van der Waals surface area contributed by atoms with Gasteiger partial charge in [-0.3, -0.25) is 9.91 Å². The summed E-state index contributed by atoms with van der Waals surface area (Å²) in [7, 11) is 0. The first-order valence-corrected chi connectivity index (χ1v) is 10.3. The smallest absolute Gasteiger partial charge is 0.133 e. The highest BCUT2D eigenvalue weighted by atomic mass is 35.5. The van der Waals surface area contributed by atoms with Gasteiger partial charge in [0.2, 0.25) is 0 Å². The van der Waals surface area contributed by atoms with E-state index in [1.165, 1.54) is 34.5 Å². The molecule has 146 valence electrons. The van der Waals surface area contributed by atoms with Crippen LogP contribution in [0.5, 0.6) is 0 Å². The summed E-state index contributed by atoms with van der Waals surface area (Å²) in [5.41, 5.74) is 5.77. The van der Waals surface area contributed by atoms with Crippen molar-refractivity contribution in [3.63, 3.8) is 0 Å². The highest BCUT2D eigenvalue weighted by Gasteiger charge is 2.33. The molecule has 0 spiro atoms. The molecule has 0 N–H and O–H groups in total. The number of benzene rings is 3. The molecule has 0 saturated carbocycles. The average molecular weight is 406 g/mol. The highest BCUT2D eigenvalue weighted by Crippen LogP contribution is 2.46. The second-order valence-electron chi connectivity index (χ2n) is 7.45. The van der Waals surface area contributed by atoms with Crippen molar-refractivity contribution in [3.05, 3.63) is 94.3 Å². The maximum Gasteiger partial charge on any atom is 0.133 e. The molecule has 1 fully saturated rings. The van der Waals surface area contributed by atoms with Crippen LogP contribution >= 0.6 is 11.6 Å². The summed E-state index contributed by atoms with van der Waals surface area (Å²) >= 11 is 6.09. The first-order chi connectivity index (χ1) is 14.2. The van der Waals surface area contributed by atoms with Gasteiger partial charge >= 0.3 is 0 Å². The van der Waals surface area contributed by atoms with E-state index in [1.807, 2.05) is 5.01 Å². The van der Waals surface area contributed by atoms with Crippen molar-refractivity contribution >= 4 is 17.8 Å². The number of rotatable bonds is 3. The van der Waals surface area contributed by atoms with Crippen LogP contribution in [-0.4, -0.2) is 42.3 Å². The molecule has 1 aliphatic heterocycles. The summed E-state index contributed by atoms with van der Waals surface area (Å²) in [4.78, 5) is 2.52. The zero-order valence-corrected chi connectivity index (χ0v) is 16.7.